The Morgan fingerprint density at radius 1 is 1.17 bits per heavy atom. The number of β-amino-alcohol motifs (C(OH)–C–C–N with tert-alkyl or cyclic N) is 1. The zero-order valence-electron chi connectivity index (χ0n) is 14.0. The first-order chi connectivity index (χ1) is 11.8. The largest absolute Gasteiger partial charge is 0.391 e. The number of likely N-dealkylation sites (tertiary alicyclic amines) is 1. The Hall–Kier alpha value is -1.30. The Morgan fingerprint density at radius 2 is 2.04 bits per heavy atom. The summed E-state index contributed by atoms with van der Waals surface area (Å²) >= 11 is 1.98. The van der Waals surface area contributed by atoms with Crippen LogP contribution < -0.4 is 0 Å². The third-order valence-electron chi connectivity index (χ3n) is 5.39. The monoisotopic (exact) mass is 343 g/mol. The molecule has 1 N–H and O–H groups in total. The molecule has 0 aromatic carbocycles. The number of thiophene rings is 1. The smallest absolute Gasteiger partial charge is 0.0711 e. The highest BCUT2D eigenvalue weighted by Crippen LogP contribution is 2.38. The molecule has 0 spiro atoms. The van der Waals surface area contributed by atoms with Gasteiger partial charge in [0.15, 0.2) is 0 Å². The summed E-state index contributed by atoms with van der Waals surface area (Å²) < 4.78 is 0. The summed E-state index contributed by atoms with van der Waals surface area (Å²) in [5, 5.41) is 10.4. The van der Waals surface area contributed by atoms with Gasteiger partial charge in [0.05, 0.1) is 11.8 Å². The maximum Gasteiger partial charge on any atom is 0.0711 e. The van der Waals surface area contributed by atoms with Crippen molar-refractivity contribution in [1.82, 2.24) is 14.9 Å². The van der Waals surface area contributed by atoms with E-state index in [-0.39, 0.29) is 12.0 Å². The Morgan fingerprint density at radius 3 is 2.83 bits per heavy atom. The van der Waals surface area contributed by atoms with Gasteiger partial charge in [-0.2, -0.15) is 0 Å². The molecule has 1 saturated carbocycles. The number of hydrogen-bond acceptors (Lipinski definition) is 5. The number of rotatable bonds is 5. The van der Waals surface area contributed by atoms with Gasteiger partial charge < -0.3 is 5.11 Å². The molecule has 2 aromatic rings. The lowest BCUT2D eigenvalue weighted by molar-refractivity contribution is 0.140. The number of nitrogens with zero attached hydrogens (tertiary/aromatic N) is 3. The predicted molar refractivity (Wildman–Crippen MR) is 96.0 cm³/mol. The molecule has 0 bridgehead atoms. The fourth-order valence-corrected chi connectivity index (χ4v) is 5.33. The first-order valence-corrected chi connectivity index (χ1v) is 9.83. The van der Waals surface area contributed by atoms with Crippen LogP contribution in [-0.2, 0) is 13.0 Å². The van der Waals surface area contributed by atoms with E-state index in [1.54, 1.807) is 17.3 Å². The maximum atomic E-state index is 10.4. The van der Waals surface area contributed by atoms with E-state index < -0.39 is 0 Å². The van der Waals surface area contributed by atoms with Crippen LogP contribution in [0.3, 0.4) is 0 Å². The molecule has 0 amide bonds. The van der Waals surface area contributed by atoms with Gasteiger partial charge in [-0.15, -0.1) is 11.3 Å². The van der Waals surface area contributed by atoms with Crippen LogP contribution in [0.25, 0.3) is 0 Å². The van der Waals surface area contributed by atoms with Gasteiger partial charge in [-0.3, -0.25) is 14.9 Å². The Balaban J connectivity index is 1.34. The highest BCUT2D eigenvalue weighted by atomic mass is 32.1. The molecule has 4 nitrogen and oxygen atoms in total. The topological polar surface area (TPSA) is 49.2 Å². The van der Waals surface area contributed by atoms with E-state index in [9.17, 15) is 5.11 Å². The van der Waals surface area contributed by atoms with Gasteiger partial charge in [0.2, 0.25) is 0 Å². The highest BCUT2D eigenvalue weighted by molar-refractivity contribution is 7.12. The normalized spacial score (nSPS) is 25.5. The lowest BCUT2D eigenvalue weighted by Gasteiger charge is -2.14. The molecular weight excluding hydrogens is 318 g/mol. The van der Waals surface area contributed by atoms with E-state index in [4.69, 9.17) is 0 Å². The molecule has 1 saturated heterocycles. The summed E-state index contributed by atoms with van der Waals surface area (Å²) in [6.45, 7) is 2.67. The SMILES string of the molecule is O[C@@H]1CN(Cc2ccc(C3CCCC3)s2)C[C@H]1Cc1cnccn1. The van der Waals surface area contributed by atoms with Crippen molar-refractivity contribution in [2.24, 2.45) is 5.92 Å². The van der Waals surface area contributed by atoms with E-state index >= 15 is 0 Å². The molecule has 1 aliphatic heterocycles. The van der Waals surface area contributed by atoms with Gasteiger partial charge in [-0.05, 0) is 37.3 Å². The van der Waals surface area contributed by atoms with Gasteiger partial charge in [-0.1, -0.05) is 12.8 Å². The van der Waals surface area contributed by atoms with Crippen molar-refractivity contribution in [3.63, 3.8) is 0 Å². The Bertz CT molecular complexity index is 654. The first-order valence-electron chi connectivity index (χ1n) is 9.02. The number of aromatic nitrogens is 2. The van der Waals surface area contributed by atoms with Crippen molar-refractivity contribution in [3.8, 4) is 0 Å². The molecule has 3 heterocycles. The molecule has 0 radical (unpaired) electrons. The lowest BCUT2D eigenvalue weighted by atomic mass is 10.0. The molecule has 128 valence electrons. The van der Waals surface area contributed by atoms with Crippen molar-refractivity contribution in [1.29, 1.82) is 0 Å². The average molecular weight is 343 g/mol. The summed E-state index contributed by atoms with van der Waals surface area (Å²) in [4.78, 5) is 13.9. The van der Waals surface area contributed by atoms with E-state index in [2.05, 4.69) is 27.0 Å². The lowest BCUT2D eigenvalue weighted by Crippen LogP contribution is -2.20. The molecule has 2 fully saturated rings. The Labute approximate surface area is 147 Å². The number of hydrogen-bond donors (Lipinski definition) is 1. The van der Waals surface area contributed by atoms with Crippen LogP contribution in [0.4, 0.5) is 0 Å². The molecule has 24 heavy (non-hydrogen) atoms. The molecule has 4 rings (SSSR count). The maximum absolute atomic E-state index is 10.4. The van der Waals surface area contributed by atoms with Crippen LogP contribution in [0.1, 0.15) is 47.0 Å². The molecule has 2 aliphatic rings. The van der Waals surface area contributed by atoms with Crippen molar-refractivity contribution in [3.05, 3.63) is 46.2 Å². The standard InChI is InChI=1S/C19H25N3OS/c23-18-13-22(11-15(18)9-16-10-20-7-8-21-16)12-17-5-6-19(24-17)14-3-1-2-4-14/h5-8,10,14-15,18,23H,1-4,9,11-13H2/t15-,18-/m1/s1. The molecule has 2 atom stereocenters. The van der Waals surface area contributed by atoms with E-state index in [0.717, 1.165) is 37.7 Å². The molecule has 2 aromatic heterocycles. The fourth-order valence-electron chi connectivity index (χ4n) is 4.10. The minimum absolute atomic E-state index is 0.260. The minimum Gasteiger partial charge on any atom is -0.391 e. The average Bonchev–Trinajstić information content (AvgIpc) is 3.31. The summed E-state index contributed by atoms with van der Waals surface area (Å²) in [5.74, 6) is 1.06. The van der Waals surface area contributed by atoms with Crippen LogP contribution in [0, 0.1) is 5.92 Å². The number of aliphatic hydroxyl groups is 1. The van der Waals surface area contributed by atoms with Crippen molar-refractivity contribution < 1.29 is 5.11 Å². The highest BCUT2D eigenvalue weighted by Gasteiger charge is 2.32. The molecule has 5 heteroatoms. The van der Waals surface area contributed by atoms with Gasteiger partial charge in [0.1, 0.15) is 0 Å². The van der Waals surface area contributed by atoms with Crippen molar-refractivity contribution in [2.45, 2.75) is 50.7 Å². The summed E-state index contributed by atoms with van der Waals surface area (Å²) in [6.07, 6.45) is 11.3. The summed E-state index contributed by atoms with van der Waals surface area (Å²) in [5.41, 5.74) is 0.975. The van der Waals surface area contributed by atoms with Gasteiger partial charge in [-0.25, -0.2) is 0 Å². The van der Waals surface area contributed by atoms with Crippen LogP contribution in [0.2, 0.25) is 0 Å². The molecule has 1 aliphatic carbocycles. The fraction of sp³-hybridized carbons (Fsp3) is 0.579. The second-order valence-electron chi connectivity index (χ2n) is 7.21. The summed E-state index contributed by atoms with van der Waals surface area (Å²) in [6, 6.07) is 4.63. The first kappa shape index (κ1) is 16.2. The minimum atomic E-state index is -0.263. The van der Waals surface area contributed by atoms with E-state index in [1.807, 2.05) is 17.5 Å². The zero-order chi connectivity index (χ0) is 16.4. The zero-order valence-corrected chi connectivity index (χ0v) is 14.8. The second kappa shape index (κ2) is 7.30. The van der Waals surface area contributed by atoms with Gasteiger partial charge >= 0.3 is 0 Å². The van der Waals surface area contributed by atoms with Crippen molar-refractivity contribution >= 4 is 11.3 Å². The predicted octanol–water partition coefficient (Wildman–Crippen LogP) is 3.23. The third-order valence-corrected chi connectivity index (χ3v) is 6.62. The van der Waals surface area contributed by atoms with Crippen LogP contribution in [-0.4, -0.2) is 39.2 Å². The second-order valence-corrected chi connectivity index (χ2v) is 8.41. The molecule has 0 unspecified atom stereocenters. The molecular formula is C19H25N3OS. The van der Waals surface area contributed by atoms with Gasteiger partial charge in [0, 0.05) is 53.9 Å². The van der Waals surface area contributed by atoms with Crippen molar-refractivity contribution in [2.75, 3.05) is 13.1 Å². The number of aliphatic hydroxyl groups excluding tert-OH is 1. The van der Waals surface area contributed by atoms with Crippen LogP contribution in [0.15, 0.2) is 30.7 Å². The van der Waals surface area contributed by atoms with E-state index in [1.165, 1.54) is 30.6 Å². The van der Waals surface area contributed by atoms with Crippen LogP contribution >= 0.6 is 11.3 Å². The Kier molecular flexibility index (Phi) is 4.92. The van der Waals surface area contributed by atoms with E-state index in [0.29, 0.717) is 0 Å². The third kappa shape index (κ3) is 3.68. The van der Waals surface area contributed by atoms with Crippen LogP contribution in [0.5, 0.6) is 0 Å². The van der Waals surface area contributed by atoms with Gasteiger partial charge in [0.25, 0.3) is 0 Å². The summed E-state index contributed by atoms with van der Waals surface area (Å²) in [7, 11) is 0. The quantitative estimate of drug-likeness (QED) is 0.905.